The number of nitrogen functional groups attached to an aromatic ring is 1. The van der Waals surface area contributed by atoms with Gasteiger partial charge in [-0.1, -0.05) is 13.8 Å². The maximum Gasteiger partial charge on any atom is 0.149 e. The molecule has 2 heterocycles. The lowest BCUT2D eigenvalue weighted by Crippen LogP contribution is -2.15. The van der Waals surface area contributed by atoms with Crippen molar-refractivity contribution >= 4 is 33.7 Å². The maximum atomic E-state index is 6.01. The summed E-state index contributed by atoms with van der Waals surface area (Å²) in [7, 11) is 0. The van der Waals surface area contributed by atoms with Crippen LogP contribution in [0, 0.1) is 12.8 Å². The molecule has 1 atom stereocenters. The molecule has 0 aliphatic carbocycles. The highest BCUT2D eigenvalue weighted by molar-refractivity contribution is 7.15. The molecule has 0 bridgehead atoms. The van der Waals surface area contributed by atoms with E-state index < -0.39 is 0 Å². The fraction of sp³-hybridized carbons (Fsp3) is 0.571. The van der Waals surface area contributed by atoms with Gasteiger partial charge in [0.2, 0.25) is 0 Å². The fourth-order valence-electron chi connectivity index (χ4n) is 1.96. The Morgan fingerprint density at radius 1 is 1.30 bits per heavy atom. The van der Waals surface area contributed by atoms with Gasteiger partial charge in [-0.3, -0.25) is 0 Å². The van der Waals surface area contributed by atoms with Gasteiger partial charge in [0.05, 0.1) is 5.56 Å². The van der Waals surface area contributed by atoms with E-state index in [0.29, 0.717) is 11.9 Å². The summed E-state index contributed by atoms with van der Waals surface area (Å²) in [5, 5.41) is 7.56. The SMILES string of the molecule is Cc1csc(-c2c(N)nsc2NC(C)CCC(C)C)n1. The third-order valence-electron chi connectivity index (χ3n) is 3.11. The summed E-state index contributed by atoms with van der Waals surface area (Å²) >= 11 is 3.04. The molecule has 0 aromatic carbocycles. The lowest BCUT2D eigenvalue weighted by Gasteiger charge is -2.15. The number of aromatic nitrogens is 2. The quantitative estimate of drug-likeness (QED) is 0.830. The molecule has 2 aromatic heterocycles. The summed E-state index contributed by atoms with van der Waals surface area (Å²) in [5.74, 6) is 1.30. The van der Waals surface area contributed by atoms with Crippen molar-refractivity contribution < 1.29 is 0 Å². The Balaban J connectivity index is 2.13. The molecule has 0 fully saturated rings. The molecule has 0 amide bonds. The van der Waals surface area contributed by atoms with Gasteiger partial charge in [-0.2, -0.15) is 4.37 Å². The molecule has 2 rings (SSSR count). The number of thiazole rings is 1. The molecule has 110 valence electrons. The minimum atomic E-state index is 0.414. The Labute approximate surface area is 128 Å². The monoisotopic (exact) mass is 310 g/mol. The van der Waals surface area contributed by atoms with Crippen LogP contribution in [0.1, 0.15) is 39.3 Å². The Kier molecular flexibility index (Phi) is 4.99. The van der Waals surface area contributed by atoms with Crippen molar-refractivity contribution in [3.8, 4) is 10.6 Å². The van der Waals surface area contributed by atoms with E-state index in [1.54, 1.807) is 11.3 Å². The second kappa shape index (κ2) is 6.54. The largest absolute Gasteiger partial charge is 0.382 e. The highest BCUT2D eigenvalue weighted by Crippen LogP contribution is 2.38. The summed E-state index contributed by atoms with van der Waals surface area (Å²) < 4.78 is 4.27. The van der Waals surface area contributed by atoms with Crippen LogP contribution >= 0.6 is 22.9 Å². The van der Waals surface area contributed by atoms with Crippen molar-refractivity contribution in [3.05, 3.63) is 11.1 Å². The first kappa shape index (κ1) is 15.3. The molecule has 0 radical (unpaired) electrons. The molecule has 0 aliphatic heterocycles. The van der Waals surface area contributed by atoms with Crippen molar-refractivity contribution in [1.82, 2.24) is 9.36 Å². The Hall–Kier alpha value is -1.14. The van der Waals surface area contributed by atoms with E-state index in [1.165, 1.54) is 18.0 Å². The average molecular weight is 310 g/mol. The normalized spacial score (nSPS) is 12.8. The third kappa shape index (κ3) is 3.70. The van der Waals surface area contributed by atoms with Crippen LogP contribution in [0.4, 0.5) is 10.8 Å². The smallest absolute Gasteiger partial charge is 0.149 e. The molecule has 1 unspecified atom stereocenters. The number of anilines is 2. The number of nitrogens with one attached hydrogen (secondary N) is 1. The molecular weight excluding hydrogens is 288 g/mol. The van der Waals surface area contributed by atoms with E-state index in [4.69, 9.17) is 5.73 Å². The Morgan fingerprint density at radius 2 is 2.05 bits per heavy atom. The molecule has 6 heteroatoms. The molecule has 2 aromatic rings. The minimum Gasteiger partial charge on any atom is -0.382 e. The fourth-order valence-corrected chi connectivity index (χ4v) is 3.70. The van der Waals surface area contributed by atoms with Gasteiger partial charge in [0, 0.05) is 17.1 Å². The van der Waals surface area contributed by atoms with E-state index >= 15 is 0 Å². The predicted octanol–water partition coefficient (Wildman–Crippen LogP) is 4.39. The van der Waals surface area contributed by atoms with Crippen LogP contribution in [0.5, 0.6) is 0 Å². The predicted molar refractivity (Wildman–Crippen MR) is 89.5 cm³/mol. The van der Waals surface area contributed by atoms with Crippen LogP contribution in [-0.4, -0.2) is 15.4 Å². The van der Waals surface area contributed by atoms with Gasteiger partial charge in [0.1, 0.15) is 15.8 Å². The van der Waals surface area contributed by atoms with Crippen molar-refractivity contribution in [2.24, 2.45) is 5.92 Å². The van der Waals surface area contributed by atoms with Crippen molar-refractivity contribution in [1.29, 1.82) is 0 Å². The van der Waals surface area contributed by atoms with Gasteiger partial charge in [-0.25, -0.2) is 4.98 Å². The van der Waals surface area contributed by atoms with Gasteiger partial charge < -0.3 is 11.1 Å². The number of hydrogen-bond acceptors (Lipinski definition) is 6. The molecule has 4 nitrogen and oxygen atoms in total. The van der Waals surface area contributed by atoms with Gasteiger partial charge in [-0.15, -0.1) is 11.3 Å². The lowest BCUT2D eigenvalue weighted by molar-refractivity contribution is 0.528. The summed E-state index contributed by atoms with van der Waals surface area (Å²) in [5.41, 5.74) is 7.99. The van der Waals surface area contributed by atoms with Crippen LogP contribution in [-0.2, 0) is 0 Å². The van der Waals surface area contributed by atoms with Crippen LogP contribution in [0.3, 0.4) is 0 Å². The highest BCUT2D eigenvalue weighted by Gasteiger charge is 2.18. The van der Waals surface area contributed by atoms with Gasteiger partial charge >= 0.3 is 0 Å². The molecule has 0 saturated carbocycles. The zero-order valence-corrected chi connectivity index (χ0v) is 14.1. The van der Waals surface area contributed by atoms with E-state index in [9.17, 15) is 0 Å². The third-order valence-corrected chi connectivity index (χ3v) is 4.88. The van der Waals surface area contributed by atoms with Gasteiger partial charge in [0.25, 0.3) is 0 Å². The van der Waals surface area contributed by atoms with E-state index in [-0.39, 0.29) is 0 Å². The van der Waals surface area contributed by atoms with Crippen LogP contribution in [0.15, 0.2) is 5.38 Å². The Bertz CT molecular complexity index is 559. The second-order valence-corrected chi connectivity index (χ2v) is 7.21. The van der Waals surface area contributed by atoms with Gasteiger partial charge in [0.15, 0.2) is 0 Å². The number of hydrogen-bond donors (Lipinski definition) is 2. The van der Waals surface area contributed by atoms with E-state index in [2.05, 4.69) is 35.4 Å². The van der Waals surface area contributed by atoms with Crippen LogP contribution in [0.2, 0.25) is 0 Å². The first-order valence-corrected chi connectivity index (χ1v) is 8.56. The molecule has 3 N–H and O–H groups in total. The topological polar surface area (TPSA) is 63.8 Å². The van der Waals surface area contributed by atoms with Crippen molar-refractivity contribution in [2.45, 2.75) is 46.6 Å². The summed E-state index contributed by atoms with van der Waals surface area (Å²) in [4.78, 5) is 4.52. The molecule has 0 spiro atoms. The molecule has 0 aliphatic rings. The van der Waals surface area contributed by atoms with Gasteiger partial charge in [-0.05, 0) is 44.1 Å². The number of aryl methyl sites for hydroxylation is 1. The average Bonchev–Trinajstić information content (AvgIpc) is 2.93. The maximum absolute atomic E-state index is 6.01. The zero-order chi connectivity index (χ0) is 14.7. The first-order chi connectivity index (χ1) is 9.47. The summed E-state index contributed by atoms with van der Waals surface area (Å²) in [6, 6.07) is 0.414. The number of nitrogens with zero attached hydrogens (tertiary/aromatic N) is 2. The minimum absolute atomic E-state index is 0.414. The standard InChI is InChI=1S/C14H22N4S2/c1-8(2)5-6-9(3)16-14-11(12(15)18-20-14)13-17-10(4)7-19-13/h7-9,16H,5-6H2,1-4H3,(H2,15,18). The molecule has 0 saturated heterocycles. The van der Waals surface area contributed by atoms with E-state index in [1.807, 2.05) is 12.3 Å². The zero-order valence-electron chi connectivity index (χ0n) is 12.4. The molecular formula is C14H22N4S2. The van der Waals surface area contributed by atoms with E-state index in [0.717, 1.165) is 33.6 Å². The number of rotatable bonds is 6. The summed E-state index contributed by atoms with van der Waals surface area (Å²) in [6.07, 6.45) is 2.36. The highest BCUT2D eigenvalue weighted by atomic mass is 32.1. The first-order valence-electron chi connectivity index (χ1n) is 6.91. The second-order valence-electron chi connectivity index (χ2n) is 5.58. The Morgan fingerprint density at radius 3 is 2.65 bits per heavy atom. The number of nitrogens with two attached hydrogens (primary N) is 1. The molecule has 20 heavy (non-hydrogen) atoms. The van der Waals surface area contributed by atoms with Crippen LogP contribution < -0.4 is 11.1 Å². The van der Waals surface area contributed by atoms with Crippen molar-refractivity contribution in [2.75, 3.05) is 11.1 Å². The summed E-state index contributed by atoms with van der Waals surface area (Å²) in [6.45, 7) is 8.70. The van der Waals surface area contributed by atoms with Crippen LogP contribution in [0.25, 0.3) is 10.6 Å². The van der Waals surface area contributed by atoms with Crippen molar-refractivity contribution in [3.63, 3.8) is 0 Å². The lowest BCUT2D eigenvalue weighted by atomic mass is 10.0.